The lowest BCUT2D eigenvalue weighted by molar-refractivity contribution is 0.0697. The van der Waals surface area contributed by atoms with E-state index < -0.39 is 5.97 Å². The second-order valence-corrected chi connectivity index (χ2v) is 4.19. The molecule has 94 valence electrons. The Kier molecular flexibility index (Phi) is 5.49. The lowest BCUT2D eigenvalue weighted by Crippen LogP contribution is -2.13. The summed E-state index contributed by atoms with van der Waals surface area (Å²) < 4.78 is 5.51. The smallest absolute Gasteiger partial charge is 0.335 e. The first-order chi connectivity index (χ1) is 8.09. The van der Waals surface area contributed by atoms with Gasteiger partial charge in [-0.3, -0.25) is 0 Å². The van der Waals surface area contributed by atoms with Crippen molar-refractivity contribution in [2.24, 2.45) is 0 Å². The molecule has 0 fully saturated rings. The number of carboxylic acids is 1. The molecule has 0 radical (unpaired) electrons. The van der Waals surface area contributed by atoms with Crippen LogP contribution in [0.2, 0.25) is 0 Å². The van der Waals surface area contributed by atoms with Crippen LogP contribution in [0.3, 0.4) is 0 Å². The van der Waals surface area contributed by atoms with E-state index in [-0.39, 0.29) is 5.56 Å². The fourth-order valence-corrected chi connectivity index (χ4v) is 1.41. The number of hydrogen-bond acceptors (Lipinski definition) is 3. The van der Waals surface area contributed by atoms with Crippen LogP contribution in [0, 0.1) is 0 Å². The number of carboxylic acid groups (broad SMARTS) is 1. The number of benzene rings is 1. The molecule has 0 saturated heterocycles. The summed E-state index contributed by atoms with van der Waals surface area (Å²) in [4.78, 5) is 12.8. The van der Waals surface area contributed by atoms with Gasteiger partial charge >= 0.3 is 5.97 Å². The van der Waals surface area contributed by atoms with Gasteiger partial charge in [0, 0.05) is 0 Å². The molecule has 0 atom stereocenters. The number of rotatable bonds is 7. The van der Waals surface area contributed by atoms with Gasteiger partial charge in [-0.2, -0.15) is 0 Å². The zero-order valence-electron chi connectivity index (χ0n) is 10.3. The molecule has 0 aliphatic rings. The van der Waals surface area contributed by atoms with Gasteiger partial charge in [-0.1, -0.05) is 0 Å². The summed E-state index contributed by atoms with van der Waals surface area (Å²) in [5.74, 6) is -0.192. The topological polar surface area (TPSA) is 49.8 Å². The maximum absolute atomic E-state index is 10.6. The molecule has 0 aliphatic heterocycles. The molecule has 17 heavy (non-hydrogen) atoms. The van der Waals surface area contributed by atoms with Crippen molar-refractivity contribution in [3.8, 4) is 5.75 Å². The fourth-order valence-electron chi connectivity index (χ4n) is 1.41. The average molecular weight is 237 g/mol. The molecule has 0 spiro atoms. The summed E-state index contributed by atoms with van der Waals surface area (Å²) in [5.41, 5.74) is 0.282. The molecular weight excluding hydrogens is 218 g/mol. The first kappa shape index (κ1) is 13.5. The van der Waals surface area contributed by atoms with Crippen molar-refractivity contribution in [2.75, 3.05) is 27.2 Å². The normalized spacial score (nSPS) is 10.5. The van der Waals surface area contributed by atoms with E-state index in [9.17, 15) is 4.79 Å². The summed E-state index contributed by atoms with van der Waals surface area (Å²) in [6.45, 7) is 1.72. The highest BCUT2D eigenvalue weighted by Gasteiger charge is 2.01. The van der Waals surface area contributed by atoms with Crippen LogP contribution >= 0.6 is 0 Å². The number of hydrogen-bond donors (Lipinski definition) is 1. The van der Waals surface area contributed by atoms with E-state index in [1.807, 2.05) is 14.1 Å². The Hall–Kier alpha value is -1.55. The SMILES string of the molecule is CN(C)CCCCOc1ccc(C(=O)O)cc1. The van der Waals surface area contributed by atoms with Crippen LogP contribution < -0.4 is 4.74 Å². The molecule has 0 saturated carbocycles. The third-order valence-electron chi connectivity index (χ3n) is 2.37. The highest BCUT2D eigenvalue weighted by molar-refractivity contribution is 5.87. The Labute approximate surface area is 102 Å². The van der Waals surface area contributed by atoms with E-state index in [0.29, 0.717) is 6.61 Å². The first-order valence-electron chi connectivity index (χ1n) is 5.70. The van der Waals surface area contributed by atoms with Crippen LogP contribution in [-0.4, -0.2) is 43.2 Å². The van der Waals surface area contributed by atoms with E-state index in [0.717, 1.165) is 25.1 Å². The van der Waals surface area contributed by atoms with Gasteiger partial charge in [0.25, 0.3) is 0 Å². The highest BCUT2D eigenvalue weighted by atomic mass is 16.5. The van der Waals surface area contributed by atoms with Gasteiger partial charge in [0.05, 0.1) is 12.2 Å². The van der Waals surface area contributed by atoms with Crippen molar-refractivity contribution in [1.82, 2.24) is 4.90 Å². The van der Waals surface area contributed by atoms with Gasteiger partial charge in [0.1, 0.15) is 5.75 Å². The number of ether oxygens (including phenoxy) is 1. The molecule has 0 amide bonds. The quantitative estimate of drug-likeness (QED) is 0.738. The first-order valence-corrected chi connectivity index (χ1v) is 5.70. The fraction of sp³-hybridized carbons (Fsp3) is 0.462. The van der Waals surface area contributed by atoms with Gasteiger partial charge < -0.3 is 14.7 Å². The molecule has 1 N–H and O–H groups in total. The molecule has 1 rings (SSSR count). The van der Waals surface area contributed by atoms with Gasteiger partial charge in [-0.15, -0.1) is 0 Å². The summed E-state index contributed by atoms with van der Waals surface area (Å²) in [7, 11) is 4.09. The molecule has 0 bridgehead atoms. The third kappa shape index (κ3) is 5.36. The number of carbonyl (C=O) groups is 1. The summed E-state index contributed by atoms with van der Waals surface area (Å²) >= 11 is 0. The molecule has 0 aliphatic carbocycles. The van der Waals surface area contributed by atoms with Crippen molar-refractivity contribution in [1.29, 1.82) is 0 Å². The summed E-state index contributed by atoms with van der Waals surface area (Å²) in [6, 6.07) is 6.49. The van der Waals surface area contributed by atoms with Gasteiger partial charge in [-0.25, -0.2) is 4.79 Å². The van der Waals surface area contributed by atoms with Gasteiger partial charge in [0.15, 0.2) is 0 Å². The molecule has 0 heterocycles. The standard InChI is InChI=1S/C13H19NO3/c1-14(2)9-3-4-10-17-12-7-5-11(6-8-12)13(15)16/h5-8H,3-4,9-10H2,1-2H3,(H,15,16). The van der Waals surface area contributed by atoms with E-state index in [2.05, 4.69) is 4.90 Å². The monoisotopic (exact) mass is 237 g/mol. The Morgan fingerprint density at radius 3 is 2.41 bits per heavy atom. The lowest BCUT2D eigenvalue weighted by Gasteiger charge is -2.09. The van der Waals surface area contributed by atoms with Crippen LogP contribution in [0.25, 0.3) is 0 Å². The van der Waals surface area contributed by atoms with Crippen LogP contribution in [0.5, 0.6) is 5.75 Å². The molecular formula is C13H19NO3. The van der Waals surface area contributed by atoms with Crippen molar-refractivity contribution < 1.29 is 14.6 Å². The van der Waals surface area contributed by atoms with Crippen LogP contribution in [0.4, 0.5) is 0 Å². The zero-order valence-corrected chi connectivity index (χ0v) is 10.3. The minimum Gasteiger partial charge on any atom is -0.494 e. The maximum Gasteiger partial charge on any atom is 0.335 e. The molecule has 0 unspecified atom stereocenters. The molecule has 1 aromatic carbocycles. The van der Waals surface area contributed by atoms with Crippen molar-refractivity contribution in [3.63, 3.8) is 0 Å². The maximum atomic E-state index is 10.6. The average Bonchev–Trinajstić information content (AvgIpc) is 2.29. The van der Waals surface area contributed by atoms with Crippen LogP contribution in [-0.2, 0) is 0 Å². The van der Waals surface area contributed by atoms with Crippen LogP contribution in [0.1, 0.15) is 23.2 Å². The second-order valence-electron chi connectivity index (χ2n) is 4.19. The molecule has 1 aromatic rings. The molecule has 4 heteroatoms. The predicted molar refractivity (Wildman–Crippen MR) is 66.7 cm³/mol. The van der Waals surface area contributed by atoms with Crippen molar-refractivity contribution >= 4 is 5.97 Å². The predicted octanol–water partition coefficient (Wildman–Crippen LogP) is 2.11. The number of unbranched alkanes of at least 4 members (excludes halogenated alkanes) is 1. The largest absolute Gasteiger partial charge is 0.494 e. The Morgan fingerprint density at radius 1 is 1.24 bits per heavy atom. The Balaban J connectivity index is 2.25. The van der Waals surface area contributed by atoms with E-state index >= 15 is 0 Å². The van der Waals surface area contributed by atoms with E-state index in [1.54, 1.807) is 24.3 Å². The van der Waals surface area contributed by atoms with E-state index in [1.165, 1.54) is 0 Å². The number of aromatic carboxylic acids is 1. The zero-order chi connectivity index (χ0) is 12.7. The second kappa shape index (κ2) is 6.91. The number of nitrogens with zero attached hydrogens (tertiary/aromatic N) is 1. The van der Waals surface area contributed by atoms with Crippen molar-refractivity contribution in [3.05, 3.63) is 29.8 Å². The molecule has 4 nitrogen and oxygen atoms in total. The Morgan fingerprint density at radius 2 is 1.88 bits per heavy atom. The lowest BCUT2D eigenvalue weighted by atomic mass is 10.2. The third-order valence-corrected chi connectivity index (χ3v) is 2.37. The summed E-state index contributed by atoms with van der Waals surface area (Å²) in [6.07, 6.45) is 2.10. The van der Waals surface area contributed by atoms with Gasteiger partial charge in [-0.05, 0) is 57.7 Å². The minimum absolute atomic E-state index is 0.282. The van der Waals surface area contributed by atoms with Crippen LogP contribution in [0.15, 0.2) is 24.3 Å². The summed E-state index contributed by atoms with van der Waals surface area (Å²) in [5, 5.41) is 8.73. The molecule has 0 aromatic heterocycles. The minimum atomic E-state index is -0.914. The van der Waals surface area contributed by atoms with Gasteiger partial charge in [0.2, 0.25) is 0 Å². The Bertz CT molecular complexity index is 346. The highest BCUT2D eigenvalue weighted by Crippen LogP contribution is 2.12. The van der Waals surface area contributed by atoms with Crippen molar-refractivity contribution in [2.45, 2.75) is 12.8 Å². The van der Waals surface area contributed by atoms with E-state index in [4.69, 9.17) is 9.84 Å².